The average molecular weight is 389 g/mol. The lowest BCUT2D eigenvalue weighted by atomic mass is 10.2. The van der Waals surface area contributed by atoms with Crippen LogP contribution >= 0.6 is 15.9 Å². The van der Waals surface area contributed by atoms with Gasteiger partial charge in [0.05, 0.1) is 0 Å². The number of carbonyl (C=O) groups is 1. The molecule has 0 saturated heterocycles. The fraction of sp³-hybridized carbons (Fsp3) is 0.211. The molecule has 2 N–H and O–H groups in total. The van der Waals surface area contributed by atoms with Crippen LogP contribution in [0.5, 0.6) is 5.75 Å². The number of halogens is 1. The van der Waals surface area contributed by atoms with Crippen LogP contribution in [0.25, 0.3) is 0 Å². The van der Waals surface area contributed by atoms with E-state index in [0.717, 1.165) is 21.3 Å². The van der Waals surface area contributed by atoms with E-state index in [4.69, 9.17) is 4.74 Å². The molecule has 2 rings (SSSR count). The third kappa shape index (κ3) is 5.51. The fourth-order valence-corrected chi connectivity index (χ4v) is 2.59. The Morgan fingerprint density at radius 2 is 2.08 bits per heavy atom. The molecule has 0 aliphatic carbocycles. The Morgan fingerprint density at radius 3 is 2.83 bits per heavy atom. The van der Waals surface area contributed by atoms with Crippen LogP contribution in [0.15, 0.2) is 59.6 Å². The van der Waals surface area contributed by atoms with E-state index in [1.54, 1.807) is 6.08 Å². The lowest BCUT2D eigenvalue weighted by molar-refractivity contribution is -0.118. The molecule has 2 aromatic rings. The summed E-state index contributed by atoms with van der Waals surface area (Å²) < 4.78 is 6.67. The van der Waals surface area contributed by atoms with Gasteiger partial charge in [0.1, 0.15) is 5.75 Å². The number of aryl methyl sites for hydroxylation is 1. The minimum atomic E-state index is -0.183. The van der Waals surface area contributed by atoms with Gasteiger partial charge in [-0.05, 0) is 36.8 Å². The predicted molar refractivity (Wildman–Crippen MR) is 101 cm³/mol. The normalized spacial score (nSPS) is 10.2. The monoisotopic (exact) mass is 388 g/mol. The van der Waals surface area contributed by atoms with Crippen molar-refractivity contribution in [1.82, 2.24) is 5.32 Å². The van der Waals surface area contributed by atoms with Gasteiger partial charge in [0.25, 0.3) is 5.91 Å². The zero-order valence-corrected chi connectivity index (χ0v) is 15.2. The highest BCUT2D eigenvalue weighted by molar-refractivity contribution is 9.10. The Labute approximate surface area is 151 Å². The molecule has 0 spiro atoms. The van der Waals surface area contributed by atoms with Gasteiger partial charge >= 0.3 is 0 Å². The molecular weight excluding hydrogens is 368 g/mol. The van der Waals surface area contributed by atoms with Gasteiger partial charge in [-0.2, -0.15) is 0 Å². The Balaban J connectivity index is 1.96. The van der Waals surface area contributed by atoms with E-state index in [0.29, 0.717) is 18.8 Å². The second-order valence-electron chi connectivity index (χ2n) is 5.32. The first-order valence-electron chi connectivity index (χ1n) is 7.68. The van der Waals surface area contributed by atoms with E-state index >= 15 is 0 Å². The van der Waals surface area contributed by atoms with E-state index in [-0.39, 0.29) is 12.5 Å². The smallest absolute Gasteiger partial charge is 0.262 e. The number of anilines is 1. The Hall–Kier alpha value is -2.11. The molecule has 0 aromatic heterocycles. The molecule has 2 aromatic carbocycles. The van der Waals surface area contributed by atoms with Crippen LogP contribution < -0.4 is 15.4 Å². The van der Waals surface area contributed by atoms with Crippen molar-refractivity contribution in [1.29, 1.82) is 0 Å². The maximum absolute atomic E-state index is 12.1. The number of carbonyl (C=O) groups excluding carboxylic acids is 1. The number of amides is 1. The van der Waals surface area contributed by atoms with Gasteiger partial charge in [-0.15, -0.1) is 6.58 Å². The molecule has 0 radical (unpaired) electrons. The maximum Gasteiger partial charge on any atom is 0.262 e. The molecule has 24 heavy (non-hydrogen) atoms. The van der Waals surface area contributed by atoms with Crippen molar-refractivity contribution in [3.8, 4) is 5.75 Å². The minimum absolute atomic E-state index is 0.0373. The van der Waals surface area contributed by atoms with Crippen molar-refractivity contribution in [2.75, 3.05) is 18.5 Å². The molecule has 5 heteroatoms. The standard InChI is InChI=1S/C19H21BrN2O2/c1-3-10-21-12-15-11-16(20)8-9-18(15)24-13-19(23)22-17-7-5-4-6-14(17)2/h3-9,11,21H,1,10,12-13H2,2H3,(H,22,23). The van der Waals surface area contributed by atoms with Gasteiger partial charge in [-0.1, -0.05) is 40.2 Å². The molecule has 0 aliphatic heterocycles. The molecule has 0 heterocycles. The number of nitrogens with one attached hydrogen (secondary N) is 2. The summed E-state index contributed by atoms with van der Waals surface area (Å²) in [6.07, 6.45) is 1.80. The van der Waals surface area contributed by atoms with Gasteiger partial charge in [0.2, 0.25) is 0 Å². The quantitative estimate of drug-likeness (QED) is 0.529. The summed E-state index contributed by atoms with van der Waals surface area (Å²) in [6, 6.07) is 13.4. The Kier molecular flexibility index (Phi) is 7.03. The highest BCUT2D eigenvalue weighted by atomic mass is 79.9. The maximum atomic E-state index is 12.1. The summed E-state index contributed by atoms with van der Waals surface area (Å²) in [5, 5.41) is 6.10. The van der Waals surface area contributed by atoms with Crippen LogP contribution in [0.4, 0.5) is 5.69 Å². The summed E-state index contributed by atoms with van der Waals surface area (Å²) in [5.41, 5.74) is 2.80. The van der Waals surface area contributed by atoms with Gasteiger partial charge < -0.3 is 15.4 Å². The van der Waals surface area contributed by atoms with Crippen molar-refractivity contribution in [2.45, 2.75) is 13.5 Å². The van der Waals surface area contributed by atoms with E-state index < -0.39 is 0 Å². The largest absolute Gasteiger partial charge is 0.483 e. The van der Waals surface area contributed by atoms with Crippen LogP contribution in [0.1, 0.15) is 11.1 Å². The van der Waals surface area contributed by atoms with Crippen LogP contribution in [0.3, 0.4) is 0 Å². The molecule has 0 aliphatic rings. The molecule has 0 saturated carbocycles. The summed E-state index contributed by atoms with van der Waals surface area (Å²) in [6.45, 7) is 6.95. The first-order valence-corrected chi connectivity index (χ1v) is 8.47. The van der Waals surface area contributed by atoms with Crippen molar-refractivity contribution < 1.29 is 9.53 Å². The topological polar surface area (TPSA) is 50.4 Å². The Morgan fingerprint density at radius 1 is 1.29 bits per heavy atom. The molecule has 0 unspecified atom stereocenters. The molecule has 1 amide bonds. The third-order valence-electron chi connectivity index (χ3n) is 3.40. The highest BCUT2D eigenvalue weighted by Crippen LogP contribution is 2.23. The van der Waals surface area contributed by atoms with E-state index in [9.17, 15) is 4.79 Å². The molecule has 126 valence electrons. The number of para-hydroxylation sites is 1. The van der Waals surface area contributed by atoms with Crippen LogP contribution in [-0.4, -0.2) is 19.1 Å². The minimum Gasteiger partial charge on any atom is -0.483 e. The zero-order chi connectivity index (χ0) is 17.4. The predicted octanol–water partition coefficient (Wildman–Crippen LogP) is 4.05. The van der Waals surface area contributed by atoms with Crippen LogP contribution in [0.2, 0.25) is 0 Å². The second-order valence-corrected chi connectivity index (χ2v) is 6.24. The van der Waals surface area contributed by atoms with Gasteiger partial charge in [-0.25, -0.2) is 0 Å². The van der Waals surface area contributed by atoms with Gasteiger partial charge in [0.15, 0.2) is 6.61 Å². The summed E-state index contributed by atoms with van der Waals surface area (Å²) in [4.78, 5) is 12.1. The van der Waals surface area contributed by atoms with Crippen molar-refractivity contribution in [3.05, 3.63) is 70.7 Å². The fourth-order valence-electron chi connectivity index (χ4n) is 2.18. The lowest BCUT2D eigenvalue weighted by Crippen LogP contribution is -2.21. The number of rotatable bonds is 8. The molecular formula is C19H21BrN2O2. The van der Waals surface area contributed by atoms with Crippen LogP contribution in [0, 0.1) is 6.92 Å². The Bertz CT molecular complexity index is 716. The van der Waals surface area contributed by atoms with Gasteiger partial charge in [-0.3, -0.25) is 4.79 Å². The molecule has 0 fully saturated rings. The lowest BCUT2D eigenvalue weighted by Gasteiger charge is -2.13. The first-order chi connectivity index (χ1) is 11.6. The van der Waals surface area contributed by atoms with Crippen molar-refractivity contribution >= 4 is 27.5 Å². The third-order valence-corrected chi connectivity index (χ3v) is 3.90. The van der Waals surface area contributed by atoms with E-state index in [2.05, 4.69) is 33.1 Å². The number of hydrogen-bond acceptors (Lipinski definition) is 3. The first kappa shape index (κ1) is 18.2. The zero-order valence-electron chi connectivity index (χ0n) is 13.6. The SMILES string of the molecule is C=CCNCc1cc(Br)ccc1OCC(=O)Nc1ccccc1C. The summed E-state index contributed by atoms with van der Waals surface area (Å²) in [7, 11) is 0. The number of hydrogen-bond donors (Lipinski definition) is 2. The summed E-state index contributed by atoms with van der Waals surface area (Å²) in [5.74, 6) is 0.506. The molecule has 0 bridgehead atoms. The highest BCUT2D eigenvalue weighted by Gasteiger charge is 2.09. The van der Waals surface area contributed by atoms with Crippen LogP contribution in [-0.2, 0) is 11.3 Å². The number of benzene rings is 2. The molecule has 0 atom stereocenters. The van der Waals surface area contributed by atoms with Gasteiger partial charge in [0, 0.05) is 28.8 Å². The average Bonchev–Trinajstić information content (AvgIpc) is 2.56. The summed E-state index contributed by atoms with van der Waals surface area (Å²) >= 11 is 3.45. The number of ether oxygens (including phenoxy) is 1. The van der Waals surface area contributed by atoms with Crippen molar-refractivity contribution in [2.24, 2.45) is 0 Å². The second kappa shape index (κ2) is 9.25. The van der Waals surface area contributed by atoms with E-state index in [1.807, 2.05) is 49.4 Å². The van der Waals surface area contributed by atoms with Crippen molar-refractivity contribution in [3.63, 3.8) is 0 Å². The molecule has 4 nitrogen and oxygen atoms in total. The van der Waals surface area contributed by atoms with E-state index in [1.165, 1.54) is 0 Å².